The molecule has 0 N–H and O–H groups in total. The highest BCUT2D eigenvalue weighted by atomic mass is 32.1. The molecule has 1 aliphatic rings. The molecule has 0 unspecified atom stereocenters. The van der Waals surface area contributed by atoms with Crippen LogP contribution in [-0.4, -0.2) is 4.98 Å². The summed E-state index contributed by atoms with van der Waals surface area (Å²) in [7, 11) is 0. The molecule has 1 aliphatic carbocycles. The van der Waals surface area contributed by atoms with Crippen molar-refractivity contribution in [1.29, 1.82) is 5.26 Å². The fourth-order valence-corrected chi connectivity index (χ4v) is 2.86. The minimum Gasteiger partial charge on any atom is -0.245 e. The second-order valence-electron chi connectivity index (χ2n) is 4.12. The lowest BCUT2D eigenvalue weighted by Gasteiger charge is -2.00. The Bertz CT molecular complexity index is 369. The molecule has 2 nitrogen and oxygen atoms in total. The normalized spacial score (nSPS) is 15.9. The van der Waals surface area contributed by atoms with Gasteiger partial charge in [0, 0.05) is 10.8 Å². The molecule has 74 valence electrons. The van der Waals surface area contributed by atoms with Crippen molar-refractivity contribution in [2.24, 2.45) is 0 Å². The van der Waals surface area contributed by atoms with E-state index < -0.39 is 0 Å². The molecule has 0 atom stereocenters. The number of aromatic nitrogens is 1. The molecule has 0 aliphatic heterocycles. The highest BCUT2D eigenvalue weighted by Gasteiger charge is 2.28. The van der Waals surface area contributed by atoms with Crippen molar-refractivity contribution in [2.45, 2.75) is 44.9 Å². The number of nitriles is 1. The fourth-order valence-electron chi connectivity index (χ4n) is 1.54. The Labute approximate surface area is 88.6 Å². The Hall–Kier alpha value is -0.880. The van der Waals surface area contributed by atoms with Crippen LogP contribution in [0.1, 0.15) is 54.1 Å². The lowest BCUT2D eigenvalue weighted by molar-refractivity contribution is 0.811. The van der Waals surface area contributed by atoms with Crippen LogP contribution in [0.4, 0.5) is 0 Å². The SMILES string of the molecule is CC(C)c1nc(C2CC2)sc1CC#N. The number of thiazole rings is 1. The molecule has 1 aromatic heterocycles. The van der Waals surface area contributed by atoms with Gasteiger partial charge in [-0.2, -0.15) is 5.26 Å². The van der Waals surface area contributed by atoms with Gasteiger partial charge < -0.3 is 0 Å². The van der Waals surface area contributed by atoms with Crippen LogP contribution in [0.2, 0.25) is 0 Å². The molecule has 0 spiro atoms. The van der Waals surface area contributed by atoms with Gasteiger partial charge in [0.2, 0.25) is 0 Å². The van der Waals surface area contributed by atoms with Crippen LogP contribution >= 0.6 is 11.3 Å². The zero-order valence-corrected chi connectivity index (χ0v) is 9.40. The molecular formula is C11H14N2S. The van der Waals surface area contributed by atoms with E-state index in [4.69, 9.17) is 5.26 Å². The third kappa shape index (κ3) is 1.80. The fraction of sp³-hybridized carbons (Fsp3) is 0.636. The molecule has 2 rings (SSSR count). The van der Waals surface area contributed by atoms with Gasteiger partial charge >= 0.3 is 0 Å². The highest BCUT2D eigenvalue weighted by Crippen LogP contribution is 2.43. The van der Waals surface area contributed by atoms with Gasteiger partial charge in [-0.05, 0) is 18.8 Å². The molecule has 0 amide bonds. The summed E-state index contributed by atoms with van der Waals surface area (Å²) in [6.07, 6.45) is 3.10. The number of nitrogens with zero attached hydrogens (tertiary/aromatic N) is 2. The first-order valence-corrected chi connectivity index (χ1v) is 5.90. The molecule has 0 saturated heterocycles. The van der Waals surface area contributed by atoms with E-state index in [1.54, 1.807) is 11.3 Å². The zero-order valence-electron chi connectivity index (χ0n) is 8.58. The Morgan fingerprint density at radius 3 is 2.79 bits per heavy atom. The van der Waals surface area contributed by atoms with Gasteiger partial charge in [-0.15, -0.1) is 11.3 Å². The molecule has 1 saturated carbocycles. The maximum Gasteiger partial charge on any atom is 0.0962 e. The van der Waals surface area contributed by atoms with Crippen LogP contribution in [0.15, 0.2) is 0 Å². The molecule has 3 heteroatoms. The van der Waals surface area contributed by atoms with Crippen molar-refractivity contribution < 1.29 is 0 Å². The smallest absolute Gasteiger partial charge is 0.0962 e. The van der Waals surface area contributed by atoms with Crippen LogP contribution in [0, 0.1) is 11.3 Å². The number of hydrogen-bond acceptors (Lipinski definition) is 3. The van der Waals surface area contributed by atoms with Gasteiger partial charge in [-0.25, -0.2) is 4.98 Å². The van der Waals surface area contributed by atoms with E-state index in [-0.39, 0.29) is 0 Å². The second kappa shape index (κ2) is 3.70. The molecule has 0 bridgehead atoms. The van der Waals surface area contributed by atoms with Gasteiger partial charge in [-0.1, -0.05) is 13.8 Å². The van der Waals surface area contributed by atoms with Crippen molar-refractivity contribution in [3.8, 4) is 6.07 Å². The Kier molecular flexibility index (Phi) is 2.56. The van der Waals surface area contributed by atoms with Crippen LogP contribution < -0.4 is 0 Å². The summed E-state index contributed by atoms with van der Waals surface area (Å²) in [4.78, 5) is 5.84. The third-order valence-electron chi connectivity index (χ3n) is 2.46. The summed E-state index contributed by atoms with van der Waals surface area (Å²) < 4.78 is 0. The van der Waals surface area contributed by atoms with Crippen LogP contribution in [0.3, 0.4) is 0 Å². The first-order valence-electron chi connectivity index (χ1n) is 5.08. The van der Waals surface area contributed by atoms with E-state index in [1.807, 2.05) is 0 Å². The predicted octanol–water partition coefficient (Wildman–Crippen LogP) is 3.21. The lowest BCUT2D eigenvalue weighted by Crippen LogP contribution is -1.92. The maximum atomic E-state index is 8.72. The third-order valence-corrected chi connectivity index (χ3v) is 3.69. The van der Waals surface area contributed by atoms with Crippen molar-refractivity contribution >= 4 is 11.3 Å². The van der Waals surface area contributed by atoms with E-state index in [0.717, 1.165) is 5.69 Å². The molecule has 1 heterocycles. The first kappa shape index (κ1) is 9.67. The van der Waals surface area contributed by atoms with Crippen LogP contribution in [-0.2, 0) is 6.42 Å². The summed E-state index contributed by atoms with van der Waals surface area (Å²) in [6, 6.07) is 2.22. The Morgan fingerprint density at radius 2 is 2.29 bits per heavy atom. The van der Waals surface area contributed by atoms with Gasteiger partial charge in [-0.3, -0.25) is 0 Å². The Morgan fingerprint density at radius 1 is 1.57 bits per heavy atom. The van der Waals surface area contributed by atoms with E-state index in [0.29, 0.717) is 18.3 Å². The topological polar surface area (TPSA) is 36.7 Å². The van der Waals surface area contributed by atoms with E-state index in [1.165, 1.54) is 22.7 Å². The van der Waals surface area contributed by atoms with Gasteiger partial charge in [0.1, 0.15) is 0 Å². The lowest BCUT2D eigenvalue weighted by atomic mass is 10.1. The molecule has 14 heavy (non-hydrogen) atoms. The van der Waals surface area contributed by atoms with E-state index in [9.17, 15) is 0 Å². The van der Waals surface area contributed by atoms with E-state index >= 15 is 0 Å². The minimum absolute atomic E-state index is 0.446. The van der Waals surface area contributed by atoms with Crippen molar-refractivity contribution in [3.63, 3.8) is 0 Å². The highest BCUT2D eigenvalue weighted by molar-refractivity contribution is 7.11. The minimum atomic E-state index is 0.446. The number of hydrogen-bond donors (Lipinski definition) is 0. The van der Waals surface area contributed by atoms with Crippen LogP contribution in [0.5, 0.6) is 0 Å². The largest absolute Gasteiger partial charge is 0.245 e. The summed E-state index contributed by atoms with van der Waals surface area (Å²) in [5, 5.41) is 9.98. The van der Waals surface area contributed by atoms with Crippen LogP contribution in [0.25, 0.3) is 0 Å². The van der Waals surface area contributed by atoms with Gasteiger partial charge in [0.05, 0.1) is 23.2 Å². The molecular weight excluding hydrogens is 192 g/mol. The monoisotopic (exact) mass is 206 g/mol. The van der Waals surface area contributed by atoms with Crippen molar-refractivity contribution in [2.75, 3.05) is 0 Å². The summed E-state index contributed by atoms with van der Waals surface area (Å²) in [5.41, 5.74) is 1.15. The second-order valence-corrected chi connectivity index (χ2v) is 5.24. The molecule has 1 aromatic rings. The summed E-state index contributed by atoms with van der Waals surface area (Å²) in [5.74, 6) is 1.16. The van der Waals surface area contributed by atoms with Crippen molar-refractivity contribution in [3.05, 3.63) is 15.6 Å². The standard InChI is InChI=1S/C11H14N2S/c1-7(2)10-9(5-6-12)14-11(13-10)8-3-4-8/h7-8H,3-5H2,1-2H3. The average molecular weight is 206 g/mol. The van der Waals surface area contributed by atoms with E-state index in [2.05, 4.69) is 24.9 Å². The molecule has 0 radical (unpaired) electrons. The average Bonchev–Trinajstić information content (AvgIpc) is 2.89. The van der Waals surface area contributed by atoms with Gasteiger partial charge in [0.15, 0.2) is 0 Å². The summed E-state index contributed by atoms with van der Waals surface area (Å²) in [6.45, 7) is 4.29. The maximum absolute atomic E-state index is 8.72. The zero-order chi connectivity index (χ0) is 10.1. The summed E-state index contributed by atoms with van der Waals surface area (Å²) >= 11 is 1.75. The quantitative estimate of drug-likeness (QED) is 0.761. The number of rotatable bonds is 3. The Balaban J connectivity index is 2.30. The predicted molar refractivity (Wildman–Crippen MR) is 57.5 cm³/mol. The molecule has 0 aromatic carbocycles. The van der Waals surface area contributed by atoms with Gasteiger partial charge in [0.25, 0.3) is 0 Å². The first-order chi connectivity index (χ1) is 6.72. The van der Waals surface area contributed by atoms with Crippen molar-refractivity contribution in [1.82, 2.24) is 4.98 Å². The molecule has 1 fully saturated rings.